The van der Waals surface area contributed by atoms with Gasteiger partial charge in [0.05, 0.1) is 39.3 Å². The molecule has 1 aromatic heterocycles. The van der Waals surface area contributed by atoms with Gasteiger partial charge in [-0.15, -0.1) is 0 Å². The summed E-state index contributed by atoms with van der Waals surface area (Å²) in [6.07, 6.45) is 3.84. The largest absolute Gasteiger partial charge is 0.493 e. The van der Waals surface area contributed by atoms with E-state index in [1.165, 1.54) is 6.92 Å². The standard InChI is InChI=1S/C33H41N3O7/c1-19(2)16-27(33(39)34-14-13-22-8-7-15-43-22)36-26-12-10-23-24(18-28(26)38)25(35-20(3)37)11-9-21-17-29(40-4)31(41-5)32(42-6)30(21)23/h7-8,10,12,15,17-19,25,27H,9,11,13-14,16H2,1-6H3,(H,34,39)(H,35,37)(H,36,38)/t25-,27+/m0/s1. The first kappa shape index (κ1) is 31.5. The lowest BCUT2D eigenvalue weighted by Crippen LogP contribution is -2.42. The highest BCUT2D eigenvalue weighted by atomic mass is 16.5. The van der Waals surface area contributed by atoms with Gasteiger partial charge in [-0.25, -0.2) is 0 Å². The Kier molecular flexibility index (Phi) is 10.3. The van der Waals surface area contributed by atoms with Crippen LogP contribution in [-0.4, -0.2) is 45.7 Å². The molecule has 0 unspecified atom stereocenters. The zero-order valence-corrected chi connectivity index (χ0v) is 25.7. The van der Waals surface area contributed by atoms with E-state index < -0.39 is 12.1 Å². The van der Waals surface area contributed by atoms with Crippen LogP contribution in [0.25, 0.3) is 11.1 Å². The zero-order valence-electron chi connectivity index (χ0n) is 25.7. The first-order chi connectivity index (χ1) is 20.7. The van der Waals surface area contributed by atoms with Crippen molar-refractivity contribution >= 4 is 17.5 Å². The number of hydrogen-bond acceptors (Lipinski definition) is 8. The van der Waals surface area contributed by atoms with Gasteiger partial charge in [0.25, 0.3) is 0 Å². The van der Waals surface area contributed by atoms with E-state index in [9.17, 15) is 14.4 Å². The third kappa shape index (κ3) is 7.31. The highest BCUT2D eigenvalue weighted by molar-refractivity contribution is 5.86. The number of aryl methyl sites for hydroxylation is 1. The van der Waals surface area contributed by atoms with E-state index in [2.05, 4.69) is 16.0 Å². The molecular formula is C33H41N3O7. The first-order valence-corrected chi connectivity index (χ1v) is 14.5. The van der Waals surface area contributed by atoms with Crippen LogP contribution in [-0.2, 0) is 22.4 Å². The summed E-state index contributed by atoms with van der Waals surface area (Å²) in [5.41, 5.74) is 3.06. The third-order valence-electron chi connectivity index (χ3n) is 7.52. The fraction of sp³-hybridized carbons (Fsp3) is 0.424. The maximum Gasteiger partial charge on any atom is 0.242 e. The van der Waals surface area contributed by atoms with Crippen molar-refractivity contribution in [2.75, 3.05) is 33.2 Å². The van der Waals surface area contributed by atoms with Gasteiger partial charge in [-0.1, -0.05) is 19.9 Å². The Balaban J connectivity index is 1.78. The quantitative estimate of drug-likeness (QED) is 0.278. The summed E-state index contributed by atoms with van der Waals surface area (Å²) in [5.74, 6) is 2.01. The number of methoxy groups -OCH3 is 3. The molecule has 0 saturated carbocycles. The van der Waals surface area contributed by atoms with Crippen molar-refractivity contribution in [2.45, 2.75) is 58.5 Å². The molecule has 4 rings (SSSR count). The van der Waals surface area contributed by atoms with Crippen molar-refractivity contribution < 1.29 is 28.2 Å². The second-order valence-corrected chi connectivity index (χ2v) is 11.0. The van der Waals surface area contributed by atoms with Crippen LogP contribution in [0.2, 0.25) is 0 Å². The van der Waals surface area contributed by atoms with E-state index in [1.54, 1.807) is 39.7 Å². The molecular weight excluding hydrogens is 550 g/mol. The highest BCUT2D eigenvalue weighted by Gasteiger charge is 2.30. The van der Waals surface area contributed by atoms with E-state index in [0.29, 0.717) is 55.0 Å². The first-order valence-electron chi connectivity index (χ1n) is 14.5. The predicted molar refractivity (Wildman–Crippen MR) is 165 cm³/mol. The molecule has 230 valence electrons. The van der Waals surface area contributed by atoms with Crippen LogP contribution in [0.5, 0.6) is 17.2 Å². The Hall–Kier alpha value is -4.47. The smallest absolute Gasteiger partial charge is 0.242 e. The summed E-state index contributed by atoms with van der Waals surface area (Å²) in [6.45, 7) is 5.92. The van der Waals surface area contributed by atoms with Crippen molar-refractivity contribution in [3.63, 3.8) is 0 Å². The number of rotatable bonds is 12. The van der Waals surface area contributed by atoms with Gasteiger partial charge in [0, 0.05) is 25.5 Å². The number of anilines is 1. The Morgan fingerprint density at radius 3 is 2.44 bits per heavy atom. The monoisotopic (exact) mass is 591 g/mol. The van der Waals surface area contributed by atoms with E-state index in [0.717, 1.165) is 22.5 Å². The molecule has 1 aliphatic rings. The molecule has 0 fully saturated rings. The lowest BCUT2D eigenvalue weighted by Gasteiger charge is -2.20. The summed E-state index contributed by atoms with van der Waals surface area (Å²) in [4.78, 5) is 39.2. The van der Waals surface area contributed by atoms with Crippen LogP contribution in [0.3, 0.4) is 0 Å². The molecule has 10 nitrogen and oxygen atoms in total. The number of carbonyl (C=O) groups excluding carboxylic acids is 2. The van der Waals surface area contributed by atoms with Gasteiger partial charge >= 0.3 is 0 Å². The number of carbonyl (C=O) groups is 2. The average molecular weight is 592 g/mol. The van der Waals surface area contributed by atoms with Gasteiger partial charge in [0.1, 0.15) is 11.8 Å². The van der Waals surface area contributed by atoms with E-state index in [4.69, 9.17) is 18.6 Å². The zero-order chi connectivity index (χ0) is 31.1. The van der Waals surface area contributed by atoms with Gasteiger partial charge in [0.15, 0.2) is 11.5 Å². The van der Waals surface area contributed by atoms with Gasteiger partial charge in [-0.3, -0.25) is 14.4 Å². The van der Waals surface area contributed by atoms with Crippen LogP contribution in [0, 0.1) is 5.92 Å². The Morgan fingerprint density at radius 1 is 1.05 bits per heavy atom. The molecule has 3 N–H and O–H groups in total. The van der Waals surface area contributed by atoms with Crippen LogP contribution in [0.15, 0.2) is 51.9 Å². The van der Waals surface area contributed by atoms with Crippen LogP contribution in [0.1, 0.15) is 56.5 Å². The number of nitrogens with one attached hydrogen (secondary N) is 3. The SMILES string of the molecule is COc1cc2c(c(OC)c1OC)-c1ccc(N[C@H](CC(C)C)C(=O)NCCc3ccco3)c(=O)cc1[C@@H](NC(C)=O)CC2. The lowest BCUT2D eigenvalue weighted by atomic mass is 9.95. The van der Waals surface area contributed by atoms with Gasteiger partial charge in [-0.2, -0.15) is 0 Å². The third-order valence-corrected chi connectivity index (χ3v) is 7.52. The Labute approximate surface area is 252 Å². The molecule has 2 amide bonds. The Morgan fingerprint density at radius 2 is 1.81 bits per heavy atom. The fourth-order valence-electron chi connectivity index (χ4n) is 5.60. The molecule has 0 radical (unpaired) electrons. The molecule has 0 spiro atoms. The van der Waals surface area contributed by atoms with E-state index in [-0.39, 0.29) is 28.8 Å². The molecule has 2 aromatic carbocycles. The number of furan rings is 1. The maximum absolute atomic E-state index is 13.7. The van der Waals surface area contributed by atoms with Crippen molar-refractivity contribution in [1.29, 1.82) is 0 Å². The van der Waals surface area contributed by atoms with Crippen molar-refractivity contribution in [1.82, 2.24) is 10.6 Å². The minimum Gasteiger partial charge on any atom is -0.493 e. The second-order valence-electron chi connectivity index (χ2n) is 11.0. The molecule has 0 bridgehead atoms. The predicted octanol–water partition coefficient (Wildman–Crippen LogP) is 4.64. The molecule has 1 aliphatic carbocycles. The van der Waals surface area contributed by atoms with Crippen molar-refractivity contribution in [2.24, 2.45) is 5.92 Å². The van der Waals surface area contributed by atoms with Crippen LogP contribution < -0.4 is 35.6 Å². The molecule has 1 heterocycles. The van der Waals surface area contributed by atoms with Gasteiger partial charge in [-0.05, 0) is 72.2 Å². The number of ether oxygens (including phenoxy) is 3. The molecule has 43 heavy (non-hydrogen) atoms. The second kappa shape index (κ2) is 14.1. The molecule has 3 aromatic rings. The highest BCUT2D eigenvalue weighted by Crippen LogP contribution is 2.50. The summed E-state index contributed by atoms with van der Waals surface area (Å²) >= 11 is 0. The van der Waals surface area contributed by atoms with Gasteiger partial charge < -0.3 is 34.6 Å². The summed E-state index contributed by atoms with van der Waals surface area (Å²) in [7, 11) is 4.67. The summed E-state index contributed by atoms with van der Waals surface area (Å²) in [6, 6.07) is 9.60. The molecule has 2 atom stereocenters. The number of benzene rings is 1. The topological polar surface area (TPSA) is 128 Å². The van der Waals surface area contributed by atoms with Crippen LogP contribution in [0.4, 0.5) is 5.69 Å². The molecule has 0 aliphatic heterocycles. The average Bonchev–Trinajstić information content (AvgIpc) is 3.39. The van der Waals surface area contributed by atoms with E-state index in [1.807, 2.05) is 38.1 Å². The minimum absolute atomic E-state index is 0.195. The molecule has 10 heteroatoms. The van der Waals surface area contributed by atoms with Crippen LogP contribution >= 0.6 is 0 Å². The lowest BCUT2D eigenvalue weighted by molar-refractivity contribution is -0.122. The van der Waals surface area contributed by atoms with Crippen molar-refractivity contribution in [3.05, 3.63) is 69.8 Å². The Bertz CT molecular complexity index is 1500. The fourth-order valence-corrected chi connectivity index (χ4v) is 5.60. The number of hydrogen-bond donors (Lipinski definition) is 3. The minimum atomic E-state index is -0.635. The number of fused-ring (bicyclic) bond motifs is 3. The maximum atomic E-state index is 13.7. The van der Waals surface area contributed by atoms with E-state index >= 15 is 0 Å². The number of amides is 2. The van der Waals surface area contributed by atoms with Gasteiger partial charge in [0.2, 0.25) is 23.0 Å². The summed E-state index contributed by atoms with van der Waals surface area (Å²) in [5, 5.41) is 9.20. The molecule has 0 saturated heterocycles. The normalized spacial score (nSPS) is 14.5. The summed E-state index contributed by atoms with van der Waals surface area (Å²) < 4.78 is 22.5. The van der Waals surface area contributed by atoms with Crippen molar-refractivity contribution in [3.8, 4) is 28.4 Å².